The van der Waals surface area contributed by atoms with Gasteiger partial charge in [0.2, 0.25) is 0 Å². The van der Waals surface area contributed by atoms with Gasteiger partial charge in [-0.25, -0.2) is 0 Å². The van der Waals surface area contributed by atoms with Gasteiger partial charge in [-0.3, -0.25) is 0 Å². The molecular formula is C18H30N2. The van der Waals surface area contributed by atoms with Gasteiger partial charge in [0.15, 0.2) is 0 Å². The molecule has 4 atom stereocenters. The Kier molecular flexibility index (Phi) is 5.22. The molecule has 1 saturated carbocycles. The summed E-state index contributed by atoms with van der Waals surface area (Å²) in [4.78, 5) is 2.44. The monoisotopic (exact) mass is 274 g/mol. The van der Waals surface area contributed by atoms with E-state index in [1.165, 1.54) is 24.0 Å². The van der Waals surface area contributed by atoms with Crippen LogP contribution in [0, 0.1) is 24.7 Å². The van der Waals surface area contributed by atoms with Gasteiger partial charge in [0, 0.05) is 19.1 Å². The first-order chi connectivity index (χ1) is 9.47. The van der Waals surface area contributed by atoms with Crippen LogP contribution in [0.5, 0.6) is 0 Å². The second-order valence-electron chi connectivity index (χ2n) is 7.00. The lowest BCUT2D eigenvalue weighted by molar-refractivity contribution is 0.127. The molecule has 0 amide bonds. The Morgan fingerprint density at radius 1 is 1.20 bits per heavy atom. The summed E-state index contributed by atoms with van der Waals surface area (Å²) >= 11 is 0. The summed E-state index contributed by atoms with van der Waals surface area (Å²) in [6, 6.07) is 9.04. The Morgan fingerprint density at radius 3 is 2.55 bits per heavy atom. The first-order valence-corrected chi connectivity index (χ1v) is 7.96. The van der Waals surface area contributed by atoms with E-state index < -0.39 is 0 Å². The van der Waals surface area contributed by atoms with Crippen LogP contribution in [0.2, 0.25) is 0 Å². The van der Waals surface area contributed by atoms with Gasteiger partial charge in [-0.2, -0.15) is 0 Å². The molecule has 4 unspecified atom stereocenters. The molecule has 0 bridgehead atoms. The summed E-state index contributed by atoms with van der Waals surface area (Å²) in [5, 5.41) is 0. The number of aryl methyl sites for hydroxylation is 1. The van der Waals surface area contributed by atoms with Gasteiger partial charge in [0.1, 0.15) is 0 Å². The van der Waals surface area contributed by atoms with Gasteiger partial charge >= 0.3 is 0 Å². The molecule has 2 heteroatoms. The molecule has 0 spiro atoms. The molecule has 2 nitrogen and oxygen atoms in total. The van der Waals surface area contributed by atoms with Crippen LogP contribution in [0.1, 0.15) is 37.8 Å². The molecule has 112 valence electrons. The molecule has 0 aliphatic heterocycles. The molecule has 1 fully saturated rings. The van der Waals surface area contributed by atoms with Gasteiger partial charge in [-0.05, 0) is 55.7 Å². The third-order valence-corrected chi connectivity index (χ3v) is 4.95. The standard InChI is InChI=1S/C18H30N2/c1-13-9-15(3)17(18(19)10-13)12-20(4)11-16-8-6-5-7-14(16)2/h5-8,13,15,17-18H,9-12,19H2,1-4H3. The van der Waals surface area contributed by atoms with Gasteiger partial charge in [-0.1, -0.05) is 38.1 Å². The van der Waals surface area contributed by atoms with Crippen molar-refractivity contribution in [2.24, 2.45) is 23.5 Å². The zero-order valence-corrected chi connectivity index (χ0v) is 13.5. The highest BCUT2D eigenvalue weighted by molar-refractivity contribution is 5.25. The fraction of sp³-hybridized carbons (Fsp3) is 0.667. The summed E-state index contributed by atoms with van der Waals surface area (Å²) in [5.74, 6) is 2.17. The SMILES string of the molecule is Cc1ccccc1CN(C)CC1C(C)CC(C)CC1N. The molecule has 0 radical (unpaired) electrons. The minimum atomic E-state index is 0.369. The molecule has 2 rings (SSSR count). The number of hydrogen-bond acceptors (Lipinski definition) is 2. The second-order valence-corrected chi connectivity index (χ2v) is 7.00. The van der Waals surface area contributed by atoms with Crippen LogP contribution in [0.3, 0.4) is 0 Å². The van der Waals surface area contributed by atoms with E-state index in [2.05, 4.69) is 57.0 Å². The van der Waals surface area contributed by atoms with Gasteiger partial charge in [0.25, 0.3) is 0 Å². The van der Waals surface area contributed by atoms with Crippen LogP contribution < -0.4 is 5.73 Å². The van der Waals surface area contributed by atoms with E-state index in [1.807, 2.05) is 0 Å². The summed E-state index contributed by atoms with van der Waals surface area (Å²) in [6.07, 6.45) is 2.52. The molecule has 0 saturated heterocycles. The molecule has 2 N–H and O–H groups in total. The van der Waals surface area contributed by atoms with E-state index in [4.69, 9.17) is 5.73 Å². The quantitative estimate of drug-likeness (QED) is 0.911. The van der Waals surface area contributed by atoms with Gasteiger partial charge < -0.3 is 10.6 Å². The van der Waals surface area contributed by atoms with Crippen LogP contribution in [0.4, 0.5) is 0 Å². The Morgan fingerprint density at radius 2 is 1.90 bits per heavy atom. The molecule has 1 aliphatic carbocycles. The van der Waals surface area contributed by atoms with E-state index in [9.17, 15) is 0 Å². The highest BCUT2D eigenvalue weighted by atomic mass is 15.1. The summed E-state index contributed by atoms with van der Waals surface area (Å²) < 4.78 is 0. The zero-order valence-electron chi connectivity index (χ0n) is 13.5. The molecule has 1 aromatic carbocycles. The predicted molar refractivity (Wildman–Crippen MR) is 86.5 cm³/mol. The van der Waals surface area contributed by atoms with Crippen LogP contribution in [-0.4, -0.2) is 24.5 Å². The van der Waals surface area contributed by atoms with Crippen molar-refractivity contribution in [1.82, 2.24) is 4.90 Å². The van der Waals surface area contributed by atoms with E-state index in [1.54, 1.807) is 0 Å². The van der Waals surface area contributed by atoms with E-state index in [-0.39, 0.29) is 0 Å². The largest absolute Gasteiger partial charge is 0.327 e. The van der Waals surface area contributed by atoms with Crippen LogP contribution in [-0.2, 0) is 6.54 Å². The first-order valence-electron chi connectivity index (χ1n) is 7.96. The Bertz CT molecular complexity index is 417. The maximum absolute atomic E-state index is 6.40. The third kappa shape index (κ3) is 3.83. The average Bonchev–Trinajstić information content (AvgIpc) is 2.36. The third-order valence-electron chi connectivity index (χ3n) is 4.95. The average molecular weight is 274 g/mol. The molecule has 0 aromatic heterocycles. The molecule has 20 heavy (non-hydrogen) atoms. The number of hydrogen-bond donors (Lipinski definition) is 1. The van der Waals surface area contributed by atoms with Crippen molar-refractivity contribution in [2.45, 2.75) is 46.2 Å². The highest BCUT2D eigenvalue weighted by Crippen LogP contribution is 2.33. The van der Waals surface area contributed by atoms with Crippen LogP contribution >= 0.6 is 0 Å². The van der Waals surface area contributed by atoms with Crippen LogP contribution in [0.15, 0.2) is 24.3 Å². The van der Waals surface area contributed by atoms with E-state index in [0.717, 1.165) is 24.9 Å². The van der Waals surface area contributed by atoms with Crippen molar-refractivity contribution in [3.63, 3.8) is 0 Å². The topological polar surface area (TPSA) is 29.3 Å². The highest BCUT2D eigenvalue weighted by Gasteiger charge is 2.32. The van der Waals surface area contributed by atoms with E-state index in [0.29, 0.717) is 12.0 Å². The summed E-state index contributed by atoms with van der Waals surface area (Å²) in [7, 11) is 2.23. The van der Waals surface area contributed by atoms with Crippen molar-refractivity contribution < 1.29 is 0 Å². The number of nitrogens with two attached hydrogens (primary N) is 1. The van der Waals surface area contributed by atoms with Crippen molar-refractivity contribution in [1.29, 1.82) is 0 Å². The summed E-state index contributed by atoms with van der Waals surface area (Å²) in [6.45, 7) is 9.05. The number of benzene rings is 1. The first kappa shape index (κ1) is 15.5. The lowest BCUT2D eigenvalue weighted by atomic mass is 9.72. The predicted octanol–water partition coefficient (Wildman–Crippen LogP) is 3.44. The Balaban J connectivity index is 1.94. The van der Waals surface area contributed by atoms with Crippen molar-refractivity contribution in [3.05, 3.63) is 35.4 Å². The zero-order chi connectivity index (χ0) is 14.7. The minimum absolute atomic E-state index is 0.369. The molecule has 1 aliphatic rings. The van der Waals surface area contributed by atoms with Crippen molar-refractivity contribution in [2.75, 3.05) is 13.6 Å². The van der Waals surface area contributed by atoms with Crippen LogP contribution in [0.25, 0.3) is 0 Å². The molecule has 1 aromatic rings. The maximum Gasteiger partial charge on any atom is 0.0233 e. The number of rotatable bonds is 4. The molecular weight excluding hydrogens is 244 g/mol. The number of nitrogens with zero attached hydrogens (tertiary/aromatic N) is 1. The fourth-order valence-corrected chi connectivity index (χ4v) is 3.79. The lowest BCUT2D eigenvalue weighted by Gasteiger charge is -2.39. The van der Waals surface area contributed by atoms with Gasteiger partial charge in [0.05, 0.1) is 0 Å². The van der Waals surface area contributed by atoms with Crippen molar-refractivity contribution >= 4 is 0 Å². The normalized spacial score (nSPS) is 30.7. The fourth-order valence-electron chi connectivity index (χ4n) is 3.79. The smallest absolute Gasteiger partial charge is 0.0233 e. The maximum atomic E-state index is 6.40. The van der Waals surface area contributed by atoms with Crippen molar-refractivity contribution in [3.8, 4) is 0 Å². The Hall–Kier alpha value is -0.860. The molecule has 0 heterocycles. The van der Waals surface area contributed by atoms with E-state index >= 15 is 0 Å². The minimum Gasteiger partial charge on any atom is -0.327 e. The summed E-state index contributed by atoms with van der Waals surface area (Å²) in [5.41, 5.74) is 9.22. The van der Waals surface area contributed by atoms with Gasteiger partial charge in [-0.15, -0.1) is 0 Å². The lowest BCUT2D eigenvalue weighted by Crippen LogP contribution is -2.45. The second kappa shape index (κ2) is 6.73. The Labute approximate surface area is 124 Å².